The number of benzene rings is 1. The number of anilines is 2. The number of tetrazole rings is 1. The van der Waals surface area contributed by atoms with Crippen molar-refractivity contribution in [1.29, 1.82) is 0 Å². The lowest BCUT2D eigenvalue weighted by Gasteiger charge is -2.34. The van der Waals surface area contributed by atoms with Gasteiger partial charge in [-0.1, -0.05) is 0 Å². The molecule has 4 rings (SSSR count). The monoisotopic (exact) mass is 463 g/mol. The second-order valence-electron chi connectivity index (χ2n) is 7.88. The number of thioether (sulfide) groups is 1. The van der Waals surface area contributed by atoms with Crippen LogP contribution in [0.3, 0.4) is 0 Å². The Labute approximate surface area is 189 Å². The van der Waals surface area contributed by atoms with E-state index >= 15 is 0 Å². The van der Waals surface area contributed by atoms with Crippen LogP contribution in [0.5, 0.6) is 0 Å². The Morgan fingerprint density at radius 3 is 2.81 bits per heavy atom. The number of piperidine rings is 1. The van der Waals surface area contributed by atoms with Crippen molar-refractivity contribution in [3.8, 4) is 0 Å². The van der Waals surface area contributed by atoms with E-state index in [9.17, 15) is 14.0 Å². The molecule has 2 aliphatic heterocycles. The van der Waals surface area contributed by atoms with Gasteiger partial charge in [-0.3, -0.25) is 9.69 Å². The molecule has 10 nitrogen and oxygen atoms in total. The van der Waals surface area contributed by atoms with Crippen LogP contribution in [0.2, 0.25) is 0 Å². The lowest BCUT2D eigenvalue weighted by atomic mass is 10.0. The molecule has 1 atom stereocenters. The summed E-state index contributed by atoms with van der Waals surface area (Å²) in [5.74, 6) is 1.04. The number of aromatic nitrogens is 4. The molecule has 32 heavy (non-hydrogen) atoms. The van der Waals surface area contributed by atoms with Gasteiger partial charge in [-0.2, -0.15) is 11.8 Å². The van der Waals surface area contributed by atoms with Crippen LogP contribution in [0.4, 0.5) is 20.6 Å². The molecular weight excluding hydrogens is 437 g/mol. The molecule has 2 aliphatic rings. The van der Waals surface area contributed by atoms with Crippen LogP contribution in [-0.2, 0) is 15.3 Å². The second kappa shape index (κ2) is 9.72. The number of carbonyl (C=O) groups is 2. The minimum absolute atomic E-state index is 0.195. The number of hydrogen-bond acceptors (Lipinski definition) is 8. The summed E-state index contributed by atoms with van der Waals surface area (Å²) >= 11 is 1.67. The van der Waals surface area contributed by atoms with E-state index in [4.69, 9.17) is 4.74 Å². The fourth-order valence-corrected chi connectivity index (χ4v) is 4.54. The molecule has 0 saturated carbocycles. The molecule has 0 radical (unpaired) electrons. The predicted octanol–water partition coefficient (Wildman–Crippen LogP) is 1.98. The number of nitrogens with one attached hydrogen (secondary N) is 1. The first-order valence-electron chi connectivity index (χ1n) is 10.5. The van der Waals surface area contributed by atoms with Crippen LogP contribution < -0.4 is 15.1 Å². The van der Waals surface area contributed by atoms with Gasteiger partial charge < -0.3 is 15.0 Å². The van der Waals surface area contributed by atoms with Crippen LogP contribution in [0.1, 0.15) is 31.6 Å². The number of rotatable bonds is 7. The van der Waals surface area contributed by atoms with E-state index < -0.39 is 12.2 Å². The van der Waals surface area contributed by atoms with Gasteiger partial charge in [0.1, 0.15) is 11.9 Å². The fourth-order valence-electron chi connectivity index (χ4n) is 4.09. The molecule has 0 bridgehead atoms. The highest BCUT2D eigenvalue weighted by atomic mass is 32.2. The summed E-state index contributed by atoms with van der Waals surface area (Å²) in [6.45, 7) is 3.26. The molecular formula is C20H26FN7O3S. The van der Waals surface area contributed by atoms with E-state index in [0.29, 0.717) is 24.5 Å². The van der Waals surface area contributed by atoms with E-state index in [2.05, 4.69) is 20.8 Å². The number of nitrogens with zero attached hydrogens (tertiary/aromatic N) is 6. The third kappa shape index (κ3) is 4.79. The van der Waals surface area contributed by atoms with Crippen molar-refractivity contribution in [1.82, 2.24) is 25.5 Å². The summed E-state index contributed by atoms with van der Waals surface area (Å²) in [5, 5.41) is 14.7. The third-order valence-electron chi connectivity index (χ3n) is 5.68. The van der Waals surface area contributed by atoms with Gasteiger partial charge in [0.25, 0.3) is 0 Å². The number of cyclic esters (lactones) is 1. The third-order valence-corrected chi connectivity index (χ3v) is 6.23. The Morgan fingerprint density at radius 1 is 1.34 bits per heavy atom. The zero-order chi connectivity index (χ0) is 22.7. The van der Waals surface area contributed by atoms with Gasteiger partial charge in [-0.25, -0.2) is 13.9 Å². The summed E-state index contributed by atoms with van der Waals surface area (Å²) in [6, 6.07) is 4.99. The van der Waals surface area contributed by atoms with Gasteiger partial charge in [0, 0.05) is 20.0 Å². The van der Waals surface area contributed by atoms with Crippen molar-refractivity contribution in [2.24, 2.45) is 0 Å². The van der Waals surface area contributed by atoms with Crippen molar-refractivity contribution < 1.29 is 18.7 Å². The molecule has 0 spiro atoms. The molecule has 1 aromatic heterocycles. The minimum Gasteiger partial charge on any atom is -0.442 e. The predicted molar refractivity (Wildman–Crippen MR) is 118 cm³/mol. The van der Waals surface area contributed by atoms with E-state index in [0.717, 1.165) is 24.4 Å². The molecule has 1 N–H and O–H groups in total. The number of ether oxygens (including phenoxy) is 1. The number of amides is 2. The van der Waals surface area contributed by atoms with Gasteiger partial charge in [0.05, 0.1) is 36.3 Å². The highest BCUT2D eigenvalue weighted by molar-refractivity contribution is 7.97. The molecule has 2 fully saturated rings. The van der Waals surface area contributed by atoms with Crippen LogP contribution in [0.25, 0.3) is 0 Å². The molecule has 3 heterocycles. The molecule has 1 unspecified atom stereocenters. The van der Waals surface area contributed by atoms with E-state index in [1.807, 2.05) is 15.8 Å². The Bertz CT molecular complexity index is 980. The Hall–Kier alpha value is -2.89. The quantitative estimate of drug-likeness (QED) is 0.665. The average Bonchev–Trinajstić information content (AvgIpc) is 3.39. The van der Waals surface area contributed by atoms with Gasteiger partial charge in [-0.05, 0) is 47.7 Å². The average molecular weight is 464 g/mol. The maximum Gasteiger partial charge on any atom is 0.414 e. The molecule has 2 aromatic rings. The Morgan fingerprint density at radius 2 is 2.12 bits per heavy atom. The highest BCUT2D eigenvalue weighted by Crippen LogP contribution is 2.31. The molecule has 0 aliphatic carbocycles. The molecule has 2 saturated heterocycles. The van der Waals surface area contributed by atoms with Crippen molar-refractivity contribution in [2.75, 3.05) is 42.2 Å². The summed E-state index contributed by atoms with van der Waals surface area (Å²) in [6.07, 6.45) is 2.64. The summed E-state index contributed by atoms with van der Waals surface area (Å²) in [4.78, 5) is 26.7. The van der Waals surface area contributed by atoms with Crippen molar-refractivity contribution in [3.05, 3.63) is 29.8 Å². The van der Waals surface area contributed by atoms with E-state index in [1.54, 1.807) is 23.9 Å². The molecule has 2 amide bonds. The zero-order valence-corrected chi connectivity index (χ0v) is 18.8. The first kappa shape index (κ1) is 22.3. The van der Waals surface area contributed by atoms with Gasteiger partial charge >= 0.3 is 6.09 Å². The van der Waals surface area contributed by atoms with Crippen molar-refractivity contribution in [3.63, 3.8) is 0 Å². The van der Waals surface area contributed by atoms with Gasteiger partial charge in [0.2, 0.25) is 5.91 Å². The van der Waals surface area contributed by atoms with Crippen LogP contribution >= 0.6 is 11.8 Å². The van der Waals surface area contributed by atoms with Gasteiger partial charge in [-0.15, -0.1) is 5.10 Å². The van der Waals surface area contributed by atoms with E-state index in [-0.39, 0.29) is 30.9 Å². The fraction of sp³-hybridized carbons (Fsp3) is 0.550. The minimum atomic E-state index is -0.546. The standard InChI is InChI=1S/C20H26FN7O3S/c1-13(29)22-10-16-11-27(20(30)31-16)15-3-4-18(17(21)9-15)26-7-5-14(6-8-26)28-19(12-32-2)23-24-25-28/h3-4,9,14,16H,5-8,10-12H2,1-2H3,(H,22,29). The summed E-state index contributed by atoms with van der Waals surface area (Å²) < 4.78 is 22.1. The lowest BCUT2D eigenvalue weighted by Crippen LogP contribution is -2.36. The normalized spacial score (nSPS) is 19.3. The Kier molecular flexibility index (Phi) is 6.77. The van der Waals surface area contributed by atoms with Gasteiger partial charge in [0.15, 0.2) is 5.82 Å². The first-order valence-corrected chi connectivity index (χ1v) is 11.9. The van der Waals surface area contributed by atoms with Crippen LogP contribution in [0, 0.1) is 5.82 Å². The van der Waals surface area contributed by atoms with Crippen molar-refractivity contribution in [2.45, 2.75) is 37.7 Å². The summed E-state index contributed by atoms with van der Waals surface area (Å²) in [5.41, 5.74) is 0.947. The van der Waals surface area contributed by atoms with Crippen molar-refractivity contribution >= 4 is 35.1 Å². The first-order chi connectivity index (χ1) is 15.5. The highest BCUT2D eigenvalue weighted by Gasteiger charge is 2.33. The largest absolute Gasteiger partial charge is 0.442 e. The number of carbonyl (C=O) groups excluding carboxylic acids is 2. The maximum absolute atomic E-state index is 15.0. The second-order valence-corrected chi connectivity index (χ2v) is 8.75. The lowest BCUT2D eigenvalue weighted by molar-refractivity contribution is -0.119. The van der Waals surface area contributed by atoms with E-state index in [1.165, 1.54) is 17.9 Å². The topological polar surface area (TPSA) is 105 Å². The molecule has 172 valence electrons. The maximum atomic E-state index is 15.0. The zero-order valence-electron chi connectivity index (χ0n) is 18.0. The Balaban J connectivity index is 1.38. The molecule has 12 heteroatoms. The summed E-state index contributed by atoms with van der Waals surface area (Å²) in [7, 11) is 0. The van der Waals surface area contributed by atoms with Crippen LogP contribution in [0.15, 0.2) is 18.2 Å². The number of hydrogen-bond donors (Lipinski definition) is 1. The van der Waals surface area contributed by atoms with Crippen LogP contribution in [-0.4, -0.2) is 70.7 Å². The smallest absolute Gasteiger partial charge is 0.414 e. The molecule has 1 aromatic carbocycles. The number of halogens is 1. The SMILES string of the molecule is CSCc1nnnn1C1CCN(c2ccc(N3CC(CNC(C)=O)OC3=O)cc2F)CC1.